The highest BCUT2D eigenvalue weighted by molar-refractivity contribution is 5.97. The number of hydrogen-bond donors (Lipinski definition) is 0. The Morgan fingerprint density at radius 1 is 1.57 bits per heavy atom. The number of Topliss-reactive ketones (excluding diaryl/α,β-unsaturated/α-hetero) is 1. The van der Waals surface area contributed by atoms with Gasteiger partial charge in [0, 0.05) is 38.1 Å². The minimum atomic E-state index is 0.168. The van der Waals surface area contributed by atoms with Crippen molar-refractivity contribution in [1.29, 1.82) is 0 Å². The number of pyridine rings is 1. The van der Waals surface area contributed by atoms with Crippen molar-refractivity contribution in [3.05, 3.63) is 29.6 Å². The van der Waals surface area contributed by atoms with Gasteiger partial charge in [0.25, 0.3) is 0 Å². The van der Waals surface area contributed by atoms with Gasteiger partial charge in [-0.3, -0.25) is 9.78 Å². The summed E-state index contributed by atoms with van der Waals surface area (Å²) in [4.78, 5) is 15.6. The molecule has 1 heterocycles. The van der Waals surface area contributed by atoms with Crippen molar-refractivity contribution in [2.75, 3.05) is 13.7 Å². The number of ether oxygens (including phenoxy) is 1. The summed E-state index contributed by atoms with van der Waals surface area (Å²) in [7, 11) is 1.64. The molecule has 0 aliphatic carbocycles. The molecule has 0 aromatic carbocycles. The van der Waals surface area contributed by atoms with Gasteiger partial charge in [-0.15, -0.1) is 0 Å². The SMILES string of the molecule is COCCCC(=O)c1ccncc1C. The molecule has 0 spiro atoms. The zero-order chi connectivity index (χ0) is 10.4. The first-order chi connectivity index (χ1) is 6.75. The summed E-state index contributed by atoms with van der Waals surface area (Å²) in [5, 5.41) is 0. The Balaban J connectivity index is 2.56. The van der Waals surface area contributed by atoms with E-state index in [4.69, 9.17) is 4.74 Å². The van der Waals surface area contributed by atoms with Gasteiger partial charge >= 0.3 is 0 Å². The van der Waals surface area contributed by atoms with Crippen molar-refractivity contribution in [2.24, 2.45) is 0 Å². The standard InChI is InChI=1S/C11H15NO2/c1-9-8-12-6-5-10(9)11(13)4-3-7-14-2/h5-6,8H,3-4,7H2,1-2H3. The summed E-state index contributed by atoms with van der Waals surface area (Å²) in [5.74, 6) is 0.168. The smallest absolute Gasteiger partial charge is 0.163 e. The number of aromatic nitrogens is 1. The Bertz CT molecular complexity index is 310. The van der Waals surface area contributed by atoms with Crippen LogP contribution >= 0.6 is 0 Å². The number of nitrogens with zero attached hydrogens (tertiary/aromatic N) is 1. The molecule has 0 fully saturated rings. The van der Waals surface area contributed by atoms with E-state index in [2.05, 4.69) is 4.98 Å². The van der Waals surface area contributed by atoms with Crippen LogP contribution in [0.3, 0.4) is 0 Å². The Kier molecular flexibility index (Phi) is 4.26. The number of carbonyl (C=O) groups excluding carboxylic acids is 1. The van der Waals surface area contributed by atoms with Gasteiger partial charge in [-0.1, -0.05) is 0 Å². The first kappa shape index (κ1) is 10.9. The molecule has 0 aliphatic heterocycles. The zero-order valence-electron chi connectivity index (χ0n) is 8.62. The third kappa shape index (κ3) is 2.92. The molecule has 0 atom stereocenters. The zero-order valence-corrected chi connectivity index (χ0v) is 8.62. The molecule has 14 heavy (non-hydrogen) atoms. The van der Waals surface area contributed by atoms with Gasteiger partial charge in [-0.05, 0) is 25.0 Å². The number of carbonyl (C=O) groups is 1. The molecule has 0 saturated heterocycles. The third-order valence-electron chi connectivity index (χ3n) is 2.07. The van der Waals surface area contributed by atoms with E-state index < -0.39 is 0 Å². The normalized spacial score (nSPS) is 10.1. The molecular weight excluding hydrogens is 178 g/mol. The Morgan fingerprint density at radius 3 is 3.00 bits per heavy atom. The summed E-state index contributed by atoms with van der Waals surface area (Å²) in [6.45, 7) is 2.53. The first-order valence-corrected chi connectivity index (χ1v) is 4.68. The highest BCUT2D eigenvalue weighted by Gasteiger charge is 2.07. The van der Waals surface area contributed by atoms with Gasteiger partial charge in [0.2, 0.25) is 0 Å². The van der Waals surface area contributed by atoms with E-state index in [1.807, 2.05) is 6.92 Å². The van der Waals surface area contributed by atoms with Gasteiger partial charge in [0.1, 0.15) is 0 Å². The summed E-state index contributed by atoms with van der Waals surface area (Å²) in [5.41, 5.74) is 1.71. The summed E-state index contributed by atoms with van der Waals surface area (Å²) >= 11 is 0. The van der Waals surface area contributed by atoms with E-state index in [0.29, 0.717) is 13.0 Å². The van der Waals surface area contributed by atoms with Crippen LogP contribution in [0.2, 0.25) is 0 Å². The largest absolute Gasteiger partial charge is 0.385 e. The third-order valence-corrected chi connectivity index (χ3v) is 2.07. The molecule has 0 amide bonds. The molecule has 0 saturated carbocycles. The molecule has 0 aliphatic rings. The monoisotopic (exact) mass is 193 g/mol. The lowest BCUT2D eigenvalue weighted by molar-refractivity contribution is 0.0962. The van der Waals surface area contributed by atoms with E-state index in [1.165, 1.54) is 0 Å². The molecule has 76 valence electrons. The van der Waals surface area contributed by atoms with Gasteiger partial charge in [-0.25, -0.2) is 0 Å². The van der Waals surface area contributed by atoms with Crippen LogP contribution in [0.25, 0.3) is 0 Å². The fourth-order valence-electron chi connectivity index (χ4n) is 1.30. The van der Waals surface area contributed by atoms with Gasteiger partial charge in [-0.2, -0.15) is 0 Å². The minimum absolute atomic E-state index is 0.168. The number of aryl methyl sites for hydroxylation is 1. The maximum atomic E-state index is 11.7. The van der Waals surface area contributed by atoms with Gasteiger partial charge < -0.3 is 4.74 Å². The van der Waals surface area contributed by atoms with Crippen LogP contribution in [-0.4, -0.2) is 24.5 Å². The summed E-state index contributed by atoms with van der Waals surface area (Å²) in [6.07, 6.45) is 4.68. The number of rotatable bonds is 5. The lowest BCUT2D eigenvalue weighted by Crippen LogP contribution is -2.03. The molecule has 0 radical (unpaired) electrons. The van der Waals surface area contributed by atoms with Gasteiger partial charge in [0.15, 0.2) is 5.78 Å². The van der Waals surface area contributed by atoms with Crippen LogP contribution in [0, 0.1) is 6.92 Å². The molecule has 3 nitrogen and oxygen atoms in total. The average molecular weight is 193 g/mol. The average Bonchev–Trinajstić information content (AvgIpc) is 2.18. The van der Waals surface area contributed by atoms with Crippen LogP contribution in [0.1, 0.15) is 28.8 Å². The summed E-state index contributed by atoms with van der Waals surface area (Å²) < 4.78 is 4.89. The second-order valence-corrected chi connectivity index (χ2v) is 3.21. The Hall–Kier alpha value is -1.22. The number of hydrogen-bond acceptors (Lipinski definition) is 3. The van der Waals surface area contributed by atoms with Crippen LogP contribution in [0.15, 0.2) is 18.5 Å². The molecule has 1 rings (SSSR count). The first-order valence-electron chi connectivity index (χ1n) is 4.68. The lowest BCUT2D eigenvalue weighted by Gasteiger charge is -2.03. The molecule has 1 aromatic rings. The molecule has 1 aromatic heterocycles. The van der Waals surface area contributed by atoms with Crippen molar-refractivity contribution in [1.82, 2.24) is 4.98 Å². The lowest BCUT2D eigenvalue weighted by atomic mass is 10.0. The van der Waals surface area contributed by atoms with Gasteiger partial charge in [0.05, 0.1) is 0 Å². The fourth-order valence-corrected chi connectivity index (χ4v) is 1.30. The highest BCUT2D eigenvalue weighted by atomic mass is 16.5. The minimum Gasteiger partial charge on any atom is -0.385 e. The van der Waals surface area contributed by atoms with Crippen molar-refractivity contribution in [3.63, 3.8) is 0 Å². The van der Waals surface area contributed by atoms with E-state index in [0.717, 1.165) is 17.5 Å². The van der Waals surface area contributed by atoms with Crippen molar-refractivity contribution in [2.45, 2.75) is 19.8 Å². The Morgan fingerprint density at radius 2 is 2.36 bits per heavy atom. The van der Waals surface area contributed by atoms with Crippen LogP contribution in [0.4, 0.5) is 0 Å². The fraction of sp³-hybridized carbons (Fsp3) is 0.455. The maximum absolute atomic E-state index is 11.7. The topological polar surface area (TPSA) is 39.2 Å². The van der Waals surface area contributed by atoms with E-state index in [-0.39, 0.29) is 5.78 Å². The van der Waals surface area contributed by atoms with Crippen LogP contribution in [0.5, 0.6) is 0 Å². The molecular formula is C11H15NO2. The number of methoxy groups -OCH3 is 1. The predicted octanol–water partition coefficient (Wildman–Crippen LogP) is 2.00. The molecule has 0 bridgehead atoms. The van der Waals surface area contributed by atoms with Crippen LogP contribution < -0.4 is 0 Å². The van der Waals surface area contributed by atoms with Crippen LogP contribution in [-0.2, 0) is 4.74 Å². The molecule has 0 unspecified atom stereocenters. The van der Waals surface area contributed by atoms with Crippen molar-refractivity contribution >= 4 is 5.78 Å². The number of ketones is 1. The quantitative estimate of drug-likeness (QED) is 0.530. The second-order valence-electron chi connectivity index (χ2n) is 3.21. The Labute approximate surface area is 84.1 Å². The summed E-state index contributed by atoms with van der Waals surface area (Å²) in [6, 6.07) is 1.77. The van der Waals surface area contributed by atoms with E-state index in [1.54, 1.807) is 25.6 Å². The van der Waals surface area contributed by atoms with Crippen molar-refractivity contribution in [3.8, 4) is 0 Å². The molecule has 0 N–H and O–H groups in total. The van der Waals surface area contributed by atoms with E-state index >= 15 is 0 Å². The van der Waals surface area contributed by atoms with E-state index in [9.17, 15) is 4.79 Å². The molecule has 3 heteroatoms. The predicted molar refractivity (Wildman–Crippen MR) is 54.4 cm³/mol. The highest BCUT2D eigenvalue weighted by Crippen LogP contribution is 2.09. The van der Waals surface area contributed by atoms with Crippen molar-refractivity contribution < 1.29 is 9.53 Å². The second kappa shape index (κ2) is 5.50. The maximum Gasteiger partial charge on any atom is 0.163 e.